The van der Waals surface area contributed by atoms with Crippen LogP contribution >= 0.6 is 0 Å². The number of ether oxygens (including phenoxy) is 2. The highest BCUT2D eigenvalue weighted by Crippen LogP contribution is 2.17. The summed E-state index contributed by atoms with van der Waals surface area (Å²) in [6.07, 6.45) is 5.76. The maximum Gasteiger partial charge on any atom is 0.344 e. The fourth-order valence-electron chi connectivity index (χ4n) is 1.42. The second kappa shape index (κ2) is 8.59. The largest absolute Gasteiger partial charge is 0.482 e. The van der Waals surface area contributed by atoms with Crippen LogP contribution in [-0.4, -0.2) is 25.1 Å². The Morgan fingerprint density at radius 1 is 1.40 bits per heavy atom. The fourth-order valence-corrected chi connectivity index (χ4v) is 1.42. The molecule has 5 nitrogen and oxygen atoms in total. The fraction of sp³-hybridized carbons (Fsp3) is 0.333. The lowest BCUT2D eigenvalue weighted by atomic mass is 10.2. The number of anilines is 1. The van der Waals surface area contributed by atoms with Crippen LogP contribution in [0.25, 0.3) is 0 Å². The topological polar surface area (TPSA) is 64.6 Å². The van der Waals surface area contributed by atoms with E-state index in [0.29, 0.717) is 24.5 Å². The third-order valence-corrected chi connectivity index (χ3v) is 2.28. The standard InChI is InChI=1S/C15H17NO4/c1-3-5-9-14(17)16-12-7-6-8-13(10-12)20-11-15(18)19-4-2/h1,6-8,10H,4-5,9,11H2,2H3,(H,16,17). The summed E-state index contributed by atoms with van der Waals surface area (Å²) in [7, 11) is 0. The minimum absolute atomic E-state index is 0.162. The summed E-state index contributed by atoms with van der Waals surface area (Å²) in [6.45, 7) is 1.88. The Morgan fingerprint density at radius 3 is 2.90 bits per heavy atom. The molecular formula is C15H17NO4. The smallest absolute Gasteiger partial charge is 0.344 e. The lowest BCUT2D eigenvalue weighted by molar-refractivity contribution is -0.145. The highest BCUT2D eigenvalue weighted by atomic mass is 16.6. The van der Waals surface area contributed by atoms with Crippen LogP contribution in [0.15, 0.2) is 24.3 Å². The Bertz CT molecular complexity index is 505. The summed E-state index contributed by atoms with van der Waals surface area (Å²) >= 11 is 0. The van der Waals surface area contributed by atoms with Gasteiger partial charge in [0, 0.05) is 24.6 Å². The molecule has 106 valence electrons. The Morgan fingerprint density at radius 2 is 2.20 bits per heavy atom. The van der Waals surface area contributed by atoms with Crippen molar-refractivity contribution in [1.82, 2.24) is 0 Å². The summed E-state index contributed by atoms with van der Waals surface area (Å²) in [6, 6.07) is 6.77. The van der Waals surface area contributed by atoms with Crippen LogP contribution in [0.5, 0.6) is 5.75 Å². The van der Waals surface area contributed by atoms with Crippen LogP contribution in [0.1, 0.15) is 19.8 Å². The van der Waals surface area contributed by atoms with E-state index >= 15 is 0 Å². The molecule has 1 N–H and O–H groups in total. The molecular weight excluding hydrogens is 258 g/mol. The van der Waals surface area contributed by atoms with E-state index in [1.165, 1.54) is 0 Å². The predicted octanol–water partition coefficient (Wildman–Crippen LogP) is 1.98. The highest BCUT2D eigenvalue weighted by molar-refractivity contribution is 5.91. The number of rotatable bonds is 7. The molecule has 0 fully saturated rings. The first-order valence-corrected chi connectivity index (χ1v) is 6.27. The first-order valence-electron chi connectivity index (χ1n) is 6.27. The first-order chi connectivity index (χ1) is 9.65. The van der Waals surface area contributed by atoms with Crippen molar-refractivity contribution in [3.8, 4) is 18.1 Å². The van der Waals surface area contributed by atoms with E-state index in [4.69, 9.17) is 15.9 Å². The van der Waals surface area contributed by atoms with Crippen LogP contribution in [0, 0.1) is 12.3 Å². The quantitative estimate of drug-likeness (QED) is 0.610. The molecule has 0 aromatic heterocycles. The van der Waals surface area contributed by atoms with Crippen molar-refractivity contribution in [3.05, 3.63) is 24.3 Å². The maximum absolute atomic E-state index is 11.5. The molecule has 0 spiro atoms. The van der Waals surface area contributed by atoms with Crippen molar-refractivity contribution in [3.63, 3.8) is 0 Å². The minimum Gasteiger partial charge on any atom is -0.482 e. The molecule has 5 heteroatoms. The van der Waals surface area contributed by atoms with Gasteiger partial charge in [0.2, 0.25) is 5.91 Å². The molecule has 1 aromatic rings. The van der Waals surface area contributed by atoms with Gasteiger partial charge in [-0.25, -0.2) is 4.79 Å². The average molecular weight is 275 g/mol. The molecule has 0 aliphatic heterocycles. The van der Waals surface area contributed by atoms with E-state index in [0.717, 1.165) is 0 Å². The molecule has 0 radical (unpaired) electrons. The van der Waals surface area contributed by atoms with Crippen LogP contribution in [0.2, 0.25) is 0 Å². The highest BCUT2D eigenvalue weighted by Gasteiger charge is 2.05. The Kier molecular flexibility index (Phi) is 6.69. The molecule has 0 unspecified atom stereocenters. The molecule has 0 aliphatic rings. The van der Waals surface area contributed by atoms with Gasteiger partial charge in [-0.1, -0.05) is 6.07 Å². The molecule has 0 atom stereocenters. The predicted molar refractivity (Wildman–Crippen MR) is 75.3 cm³/mol. The molecule has 0 heterocycles. The zero-order chi connectivity index (χ0) is 14.8. The molecule has 0 aliphatic carbocycles. The lowest BCUT2D eigenvalue weighted by Gasteiger charge is -2.08. The van der Waals surface area contributed by atoms with Crippen LogP contribution in [-0.2, 0) is 14.3 Å². The third-order valence-electron chi connectivity index (χ3n) is 2.28. The molecule has 1 aromatic carbocycles. The maximum atomic E-state index is 11.5. The van der Waals surface area contributed by atoms with Gasteiger partial charge in [-0.2, -0.15) is 0 Å². The number of benzene rings is 1. The summed E-state index contributed by atoms with van der Waals surface area (Å²) in [5.41, 5.74) is 0.591. The second-order valence-corrected chi connectivity index (χ2v) is 3.87. The normalized spacial score (nSPS) is 9.40. The van der Waals surface area contributed by atoms with Crippen molar-refractivity contribution in [1.29, 1.82) is 0 Å². The van der Waals surface area contributed by atoms with Gasteiger partial charge in [0.15, 0.2) is 6.61 Å². The average Bonchev–Trinajstić information content (AvgIpc) is 2.44. The number of hydrogen-bond acceptors (Lipinski definition) is 4. The number of terminal acetylenes is 1. The molecule has 1 rings (SSSR count). The van der Waals surface area contributed by atoms with E-state index in [1.807, 2.05) is 0 Å². The van der Waals surface area contributed by atoms with Gasteiger partial charge in [-0.15, -0.1) is 12.3 Å². The van der Waals surface area contributed by atoms with Crippen LogP contribution in [0.3, 0.4) is 0 Å². The Balaban J connectivity index is 2.51. The SMILES string of the molecule is C#CCCC(=O)Nc1cccc(OCC(=O)OCC)c1. The number of amides is 1. The van der Waals surface area contributed by atoms with E-state index in [2.05, 4.69) is 11.2 Å². The van der Waals surface area contributed by atoms with Crippen molar-refractivity contribution >= 4 is 17.6 Å². The van der Waals surface area contributed by atoms with E-state index in [9.17, 15) is 9.59 Å². The van der Waals surface area contributed by atoms with Gasteiger partial charge in [0.1, 0.15) is 5.75 Å². The Hall–Kier alpha value is -2.48. The van der Waals surface area contributed by atoms with Crippen molar-refractivity contribution in [2.45, 2.75) is 19.8 Å². The van der Waals surface area contributed by atoms with E-state index in [-0.39, 0.29) is 18.9 Å². The monoisotopic (exact) mass is 275 g/mol. The zero-order valence-corrected chi connectivity index (χ0v) is 11.3. The third kappa shape index (κ3) is 5.91. The van der Waals surface area contributed by atoms with Gasteiger partial charge in [0.25, 0.3) is 0 Å². The zero-order valence-electron chi connectivity index (χ0n) is 11.3. The van der Waals surface area contributed by atoms with Gasteiger partial charge >= 0.3 is 5.97 Å². The summed E-state index contributed by atoms with van der Waals surface area (Å²) in [5.74, 6) is 2.29. The van der Waals surface area contributed by atoms with Crippen LogP contribution < -0.4 is 10.1 Å². The van der Waals surface area contributed by atoms with Crippen molar-refractivity contribution in [2.75, 3.05) is 18.5 Å². The molecule has 0 saturated carbocycles. The van der Waals surface area contributed by atoms with Gasteiger partial charge in [-0.3, -0.25) is 4.79 Å². The number of carbonyl (C=O) groups excluding carboxylic acids is 2. The number of esters is 1. The van der Waals surface area contributed by atoms with Gasteiger partial charge in [-0.05, 0) is 19.1 Å². The lowest BCUT2D eigenvalue weighted by Crippen LogP contribution is -2.15. The molecule has 0 bridgehead atoms. The minimum atomic E-state index is -0.434. The van der Waals surface area contributed by atoms with Gasteiger partial charge < -0.3 is 14.8 Å². The summed E-state index contributed by atoms with van der Waals surface area (Å²) in [5, 5.41) is 2.70. The van der Waals surface area contributed by atoms with E-state index in [1.54, 1.807) is 31.2 Å². The Labute approximate surface area is 118 Å². The number of carbonyl (C=O) groups is 2. The molecule has 20 heavy (non-hydrogen) atoms. The summed E-state index contributed by atoms with van der Waals surface area (Å²) in [4.78, 5) is 22.7. The second-order valence-electron chi connectivity index (χ2n) is 3.87. The number of nitrogens with one attached hydrogen (secondary N) is 1. The molecule has 0 saturated heterocycles. The van der Waals surface area contributed by atoms with Crippen LogP contribution in [0.4, 0.5) is 5.69 Å². The van der Waals surface area contributed by atoms with Crippen molar-refractivity contribution < 1.29 is 19.1 Å². The molecule has 1 amide bonds. The summed E-state index contributed by atoms with van der Waals surface area (Å²) < 4.78 is 10.0. The first kappa shape index (κ1) is 15.6. The van der Waals surface area contributed by atoms with Crippen molar-refractivity contribution in [2.24, 2.45) is 0 Å². The van der Waals surface area contributed by atoms with Gasteiger partial charge in [0.05, 0.1) is 6.61 Å². The van der Waals surface area contributed by atoms with E-state index < -0.39 is 5.97 Å². The number of hydrogen-bond donors (Lipinski definition) is 1.